The SMILES string of the molecule is Cc1ccccc1OCCN(C)CC(=O)N(C)c1ccccc1C(=O)NCc1ccco1. The lowest BCUT2D eigenvalue weighted by molar-refractivity contribution is -0.119. The molecule has 32 heavy (non-hydrogen) atoms. The van der Waals surface area contributed by atoms with Crippen LogP contribution in [0.1, 0.15) is 21.7 Å². The fourth-order valence-corrected chi connectivity index (χ4v) is 3.21. The van der Waals surface area contributed by atoms with Gasteiger partial charge in [-0.1, -0.05) is 30.3 Å². The summed E-state index contributed by atoms with van der Waals surface area (Å²) < 4.78 is 11.1. The summed E-state index contributed by atoms with van der Waals surface area (Å²) in [4.78, 5) is 29.0. The maximum absolute atomic E-state index is 12.9. The molecule has 0 unspecified atom stereocenters. The van der Waals surface area contributed by atoms with Gasteiger partial charge in [0, 0.05) is 13.6 Å². The minimum absolute atomic E-state index is 0.116. The molecule has 1 heterocycles. The van der Waals surface area contributed by atoms with Gasteiger partial charge in [-0.15, -0.1) is 0 Å². The quantitative estimate of drug-likeness (QED) is 0.528. The lowest BCUT2D eigenvalue weighted by Crippen LogP contribution is -2.39. The van der Waals surface area contributed by atoms with Crippen molar-refractivity contribution in [2.24, 2.45) is 0 Å². The highest BCUT2D eigenvalue weighted by Crippen LogP contribution is 2.20. The molecule has 1 N–H and O–H groups in total. The van der Waals surface area contributed by atoms with Gasteiger partial charge in [-0.2, -0.15) is 0 Å². The van der Waals surface area contributed by atoms with Crippen LogP contribution < -0.4 is 15.0 Å². The van der Waals surface area contributed by atoms with E-state index in [0.717, 1.165) is 11.3 Å². The number of nitrogens with one attached hydrogen (secondary N) is 1. The molecule has 0 aliphatic carbocycles. The van der Waals surface area contributed by atoms with Crippen molar-refractivity contribution in [2.75, 3.05) is 38.7 Å². The molecule has 0 atom stereocenters. The molecule has 168 valence electrons. The Bertz CT molecular complexity index is 1030. The number of carbonyl (C=O) groups excluding carboxylic acids is 2. The number of hydrogen-bond donors (Lipinski definition) is 1. The molecular formula is C25H29N3O4. The van der Waals surface area contributed by atoms with E-state index in [4.69, 9.17) is 9.15 Å². The third-order valence-electron chi connectivity index (χ3n) is 5.12. The van der Waals surface area contributed by atoms with Crippen LogP contribution >= 0.6 is 0 Å². The van der Waals surface area contributed by atoms with E-state index >= 15 is 0 Å². The number of nitrogens with zero attached hydrogens (tertiary/aromatic N) is 2. The molecule has 0 bridgehead atoms. The lowest BCUT2D eigenvalue weighted by Gasteiger charge is -2.24. The van der Waals surface area contributed by atoms with Crippen LogP contribution in [0.2, 0.25) is 0 Å². The molecule has 1 aromatic heterocycles. The fraction of sp³-hybridized carbons (Fsp3) is 0.280. The molecule has 2 aromatic carbocycles. The minimum atomic E-state index is -0.267. The van der Waals surface area contributed by atoms with Crippen molar-refractivity contribution in [3.05, 3.63) is 83.8 Å². The third-order valence-corrected chi connectivity index (χ3v) is 5.12. The van der Waals surface area contributed by atoms with E-state index in [1.54, 1.807) is 43.6 Å². The zero-order chi connectivity index (χ0) is 22.9. The summed E-state index contributed by atoms with van der Waals surface area (Å²) in [5, 5.41) is 2.83. The van der Waals surface area contributed by atoms with Crippen LogP contribution in [0.15, 0.2) is 71.3 Å². The Morgan fingerprint density at radius 3 is 2.50 bits per heavy atom. The number of likely N-dealkylation sites (N-methyl/N-ethyl adjacent to an activating group) is 2. The predicted molar refractivity (Wildman–Crippen MR) is 124 cm³/mol. The van der Waals surface area contributed by atoms with Gasteiger partial charge in [0.15, 0.2) is 0 Å². The number of amides is 2. The summed E-state index contributed by atoms with van der Waals surface area (Å²) in [7, 11) is 3.55. The van der Waals surface area contributed by atoms with E-state index in [0.29, 0.717) is 30.2 Å². The van der Waals surface area contributed by atoms with Crippen LogP contribution in [0, 0.1) is 6.92 Å². The minimum Gasteiger partial charge on any atom is -0.492 e. The number of aryl methyl sites for hydroxylation is 1. The van der Waals surface area contributed by atoms with E-state index in [1.165, 1.54) is 4.90 Å². The fourth-order valence-electron chi connectivity index (χ4n) is 3.21. The van der Waals surface area contributed by atoms with Crippen molar-refractivity contribution in [3.8, 4) is 5.75 Å². The first-order chi connectivity index (χ1) is 15.5. The summed E-state index contributed by atoms with van der Waals surface area (Å²) in [6.07, 6.45) is 1.56. The van der Waals surface area contributed by atoms with Crippen molar-refractivity contribution in [3.63, 3.8) is 0 Å². The molecule has 3 aromatic rings. The molecule has 0 aliphatic rings. The number of hydrogen-bond acceptors (Lipinski definition) is 5. The van der Waals surface area contributed by atoms with Crippen LogP contribution in [-0.2, 0) is 11.3 Å². The highest BCUT2D eigenvalue weighted by atomic mass is 16.5. The molecule has 0 saturated heterocycles. The zero-order valence-electron chi connectivity index (χ0n) is 18.7. The van der Waals surface area contributed by atoms with E-state index in [2.05, 4.69) is 5.32 Å². The predicted octanol–water partition coefficient (Wildman–Crippen LogP) is 3.49. The Kier molecular flexibility index (Phi) is 8.05. The first-order valence-corrected chi connectivity index (χ1v) is 10.5. The van der Waals surface area contributed by atoms with Crippen LogP contribution in [0.5, 0.6) is 5.75 Å². The zero-order valence-corrected chi connectivity index (χ0v) is 18.7. The van der Waals surface area contributed by atoms with Crippen molar-refractivity contribution in [1.82, 2.24) is 10.2 Å². The smallest absolute Gasteiger partial charge is 0.253 e. The molecule has 0 radical (unpaired) electrons. The molecule has 0 saturated carbocycles. The Hall–Kier alpha value is -3.58. The topological polar surface area (TPSA) is 75.0 Å². The van der Waals surface area contributed by atoms with E-state index in [-0.39, 0.29) is 24.9 Å². The lowest BCUT2D eigenvalue weighted by atomic mass is 10.1. The van der Waals surface area contributed by atoms with Crippen LogP contribution in [0.4, 0.5) is 5.69 Å². The second kappa shape index (κ2) is 11.2. The molecule has 2 amide bonds. The monoisotopic (exact) mass is 435 g/mol. The Balaban J connectivity index is 1.54. The van der Waals surface area contributed by atoms with Gasteiger partial charge in [0.25, 0.3) is 5.91 Å². The number of anilines is 1. The third kappa shape index (κ3) is 6.21. The van der Waals surface area contributed by atoms with Gasteiger partial charge in [0.2, 0.25) is 5.91 Å². The van der Waals surface area contributed by atoms with Crippen LogP contribution in [0.3, 0.4) is 0 Å². The molecule has 7 heteroatoms. The van der Waals surface area contributed by atoms with Crippen molar-refractivity contribution in [1.29, 1.82) is 0 Å². The summed E-state index contributed by atoms with van der Waals surface area (Å²) in [5.41, 5.74) is 2.06. The maximum Gasteiger partial charge on any atom is 0.253 e. The Morgan fingerprint density at radius 1 is 1.00 bits per heavy atom. The average Bonchev–Trinajstić information content (AvgIpc) is 3.32. The summed E-state index contributed by atoms with van der Waals surface area (Å²) in [5.74, 6) is 1.12. The second-order valence-corrected chi connectivity index (χ2v) is 7.58. The Morgan fingerprint density at radius 2 is 1.75 bits per heavy atom. The van der Waals surface area contributed by atoms with Crippen molar-refractivity contribution >= 4 is 17.5 Å². The largest absolute Gasteiger partial charge is 0.492 e. The normalized spacial score (nSPS) is 10.8. The number of benzene rings is 2. The van der Waals surface area contributed by atoms with E-state index < -0.39 is 0 Å². The highest BCUT2D eigenvalue weighted by molar-refractivity contribution is 6.04. The van der Waals surface area contributed by atoms with Crippen LogP contribution in [0.25, 0.3) is 0 Å². The van der Waals surface area contributed by atoms with Gasteiger partial charge in [-0.25, -0.2) is 0 Å². The van der Waals surface area contributed by atoms with Gasteiger partial charge in [-0.3, -0.25) is 14.5 Å². The number of carbonyl (C=O) groups is 2. The van der Waals surface area contributed by atoms with Gasteiger partial charge >= 0.3 is 0 Å². The first kappa shape index (κ1) is 23.1. The molecular weight excluding hydrogens is 406 g/mol. The van der Waals surface area contributed by atoms with Crippen LogP contribution in [-0.4, -0.2) is 50.5 Å². The van der Waals surface area contributed by atoms with Gasteiger partial charge in [-0.05, 0) is 49.9 Å². The number of ether oxygens (including phenoxy) is 1. The standard InChI is InChI=1S/C25H29N3O4/c1-19-9-4-7-13-23(19)32-16-14-27(2)18-24(29)28(3)22-12-6-5-11-21(22)25(30)26-17-20-10-8-15-31-20/h4-13,15H,14,16-18H2,1-3H3,(H,26,30). The molecule has 0 fully saturated rings. The van der Waals surface area contributed by atoms with E-state index in [1.807, 2.05) is 49.2 Å². The van der Waals surface area contributed by atoms with E-state index in [9.17, 15) is 9.59 Å². The second-order valence-electron chi connectivity index (χ2n) is 7.58. The summed E-state index contributed by atoms with van der Waals surface area (Å²) >= 11 is 0. The van der Waals surface area contributed by atoms with Gasteiger partial charge in [0.05, 0.1) is 30.6 Å². The first-order valence-electron chi connectivity index (χ1n) is 10.5. The molecule has 3 rings (SSSR count). The summed E-state index contributed by atoms with van der Waals surface area (Å²) in [6.45, 7) is 3.56. The van der Waals surface area contributed by atoms with Crippen molar-refractivity contribution < 1.29 is 18.7 Å². The van der Waals surface area contributed by atoms with Gasteiger partial charge in [0.1, 0.15) is 18.1 Å². The number of para-hydroxylation sites is 2. The molecule has 0 spiro atoms. The number of furan rings is 1. The Labute approximate surface area is 188 Å². The average molecular weight is 436 g/mol. The molecule has 0 aliphatic heterocycles. The maximum atomic E-state index is 12.9. The van der Waals surface area contributed by atoms with Gasteiger partial charge < -0.3 is 19.4 Å². The summed E-state index contributed by atoms with van der Waals surface area (Å²) in [6, 6.07) is 18.5. The highest BCUT2D eigenvalue weighted by Gasteiger charge is 2.19. The molecule has 7 nitrogen and oxygen atoms in total. The number of rotatable bonds is 10. The van der Waals surface area contributed by atoms with Crippen molar-refractivity contribution in [2.45, 2.75) is 13.5 Å².